The minimum Gasteiger partial charge on any atom is -0.377 e. The molecule has 0 spiro atoms. The average Bonchev–Trinajstić information content (AvgIpc) is 3.18. The monoisotopic (exact) mass is 520 g/mol. The molecule has 3 heterocycles. The number of hydrogen-bond donors (Lipinski definition) is 1. The van der Waals surface area contributed by atoms with E-state index in [2.05, 4.69) is 50.2 Å². The van der Waals surface area contributed by atoms with Crippen LogP contribution in [0.25, 0.3) is 0 Å². The van der Waals surface area contributed by atoms with Gasteiger partial charge in [0, 0.05) is 75.2 Å². The van der Waals surface area contributed by atoms with Gasteiger partial charge in [-0.1, -0.05) is 20.8 Å². The van der Waals surface area contributed by atoms with E-state index in [4.69, 9.17) is 4.74 Å². The molecule has 3 fully saturated rings. The largest absolute Gasteiger partial charge is 0.377 e. The Morgan fingerprint density at radius 3 is 2.71 bits per heavy atom. The Balaban J connectivity index is 0.00000225. The lowest BCUT2D eigenvalue weighted by Crippen LogP contribution is -2.71. The first kappa shape index (κ1) is 22.0. The van der Waals surface area contributed by atoms with Gasteiger partial charge in [-0.15, -0.1) is 24.0 Å². The van der Waals surface area contributed by atoms with Crippen LogP contribution in [0.1, 0.15) is 39.4 Å². The molecule has 0 amide bonds. The zero-order valence-corrected chi connectivity index (χ0v) is 20.5. The number of piperazine rings is 1. The fourth-order valence-corrected chi connectivity index (χ4v) is 5.68. The summed E-state index contributed by atoms with van der Waals surface area (Å²) in [7, 11) is 1.90. The Morgan fingerprint density at radius 1 is 1.32 bits per heavy atom. The predicted molar refractivity (Wildman–Crippen MR) is 125 cm³/mol. The van der Waals surface area contributed by atoms with Crippen LogP contribution in [-0.2, 0) is 11.2 Å². The third kappa shape index (κ3) is 3.98. The predicted octanol–water partition coefficient (Wildman–Crippen LogP) is 2.62. The SMILES string of the molecule is CCc1nsc(N2CCN(C(=NC)NC3C4CCCOC4C3(C)C)CC2)n1.I. The van der Waals surface area contributed by atoms with Gasteiger partial charge in [0.25, 0.3) is 0 Å². The van der Waals surface area contributed by atoms with Crippen LogP contribution in [-0.4, -0.2) is 72.2 Å². The summed E-state index contributed by atoms with van der Waals surface area (Å²) in [6.45, 7) is 11.5. The van der Waals surface area contributed by atoms with Crippen molar-refractivity contribution in [1.82, 2.24) is 19.6 Å². The molecule has 0 radical (unpaired) electrons. The number of ether oxygens (including phenoxy) is 1. The number of rotatable bonds is 3. The molecule has 1 aromatic heterocycles. The van der Waals surface area contributed by atoms with Crippen molar-refractivity contribution in [3.8, 4) is 0 Å². The molecular formula is C19H33IN6OS. The minimum absolute atomic E-state index is 0. The van der Waals surface area contributed by atoms with E-state index in [1.165, 1.54) is 24.4 Å². The fraction of sp³-hybridized carbons (Fsp3) is 0.842. The first-order chi connectivity index (χ1) is 13.0. The Labute approximate surface area is 189 Å². The van der Waals surface area contributed by atoms with Crippen molar-refractivity contribution in [3.05, 3.63) is 5.82 Å². The topological polar surface area (TPSA) is 65.9 Å². The highest BCUT2D eigenvalue weighted by Crippen LogP contribution is 2.51. The van der Waals surface area contributed by atoms with Crippen LogP contribution < -0.4 is 10.2 Å². The van der Waals surface area contributed by atoms with Gasteiger partial charge in [-0.05, 0) is 12.8 Å². The molecule has 7 nitrogen and oxygen atoms in total. The quantitative estimate of drug-likeness (QED) is 0.376. The molecule has 1 aliphatic carbocycles. The van der Waals surface area contributed by atoms with Gasteiger partial charge >= 0.3 is 0 Å². The van der Waals surface area contributed by atoms with Crippen molar-refractivity contribution in [1.29, 1.82) is 0 Å². The van der Waals surface area contributed by atoms with Gasteiger partial charge in [0.2, 0.25) is 5.13 Å². The third-order valence-electron chi connectivity index (χ3n) is 6.45. The standard InChI is InChI=1S/C19H32N6OS.HI/c1-5-14-21-18(27-23-14)25-10-8-24(9-11-25)17(20-4)22-15-13-7-6-12-26-16(13)19(15,2)3;/h13,15-16H,5-12H2,1-4H3,(H,20,22);1H. The highest BCUT2D eigenvalue weighted by molar-refractivity contribution is 14.0. The van der Waals surface area contributed by atoms with Crippen LogP contribution in [0.2, 0.25) is 0 Å². The molecule has 0 bridgehead atoms. The summed E-state index contributed by atoms with van der Waals surface area (Å²) in [5, 5.41) is 4.83. The smallest absolute Gasteiger partial charge is 0.205 e. The molecule has 1 N–H and O–H groups in total. The summed E-state index contributed by atoms with van der Waals surface area (Å²) in [4.78, 5) is 14.0. The molecule has 3 atom stereocenters. The highest BCUT2D eigenvalue weighted by atomic mass is 127. The second-order valence-corrected chi connectivity index (χ2v) is 9.14. The number of aryl methyl sites for hydroxylation is 1. The number of anilines is 1. The molecule has 2 aliphatic heterocycles. The molecular weight excluding hydrogens is 487 g/mol. The molecule has 0 aromatic carbocycles. The highest BCUT2D eigenvalue weighted by Gasteiger charge is 2.58. The Hall–Kier alpha value is -0.680. The van der Waals surface area contributed by atoms with E-state index in [9.17, 15) is 0 Å². The van der Waals surface area contributed by atoms with E-state index >= 15 is 0 Å². The van der Waals surface area contributed by atoms with Gasteiger partial charge in [0.05, 0.1) is 6.10 Å². The van der Waals surface area contributed by atoms with Crippen LogP contribution in [0.5, 0.6) is 0 Å². The van der Waals surface area contributed by atoms with E-state index in [-0.39, 0.29) is 29.4 Å². The fourth-order valence-electron chi connectivity index (χ4n) is 4.88. The van der Waals surface area contributed by atoms with Crippen LogP contribution >= 0.6 is 35.5 Å². The Morgan fingerprint density at radius 2 is 2.07 bits per heavy atom. The van der Waals surface area contributed by atoms with Crippen LogP contribution in [0.15, 0.2) is 4.99 Å². The maximum absolute atomic E-state index is 6.05. The summed E-state index contributed by atoms with van der Waals surface area (Å²) in [5.74, 6) is 2.59. The summed E-state index contributed by atoms with van der Waals surface area (Å²) < 4.78 is 10.5. The lowest BCUT2D eigenvalue weighted by atomic mass is 9.55. The van der Waals surface area contributed by atoms with Crippen LogP contribution in [0, 0.1) is 11.3 Å². The molecule has 3 unspecified atom stereocenters. The van der Waals surface area contributed by atoms with E-state index in [1.54, 1.807) is 0 Å². The zero-order chi connectivity index (χ0) is 19.0. The lowest BCUT2D eigenvalue weighted by Gasteiger charge is -2.60. The molecule has 1 saturated carbocycles. The Bertz CT molecular complexity index is 688. The normalized spacial score (nSPS) is 29.6. The van der Waals surface area contributed by atoms with Gasteiger partial charge in [-0.2, -0.15) is 4.37 Å². The van der Waals surface area contributed by atoms with E-state index in [0.717, 1.165) is 56.1 Å². The van der Waals surface area contributed by atoms with Gasteiger partial charge < -0.3 is 19.9 Å². The van der Waals surface area contributed by atoms with E-state index in [1.807, 2.05) is 7.05 Å². The van der Waals surface area contributed by atoms with Crippen molar-refractivity contribution in [2.24, 2.45) is 16.3 Å². The number of halogens is 1. The van der Waals surface area contributed by atoms with Crippen LogP contribution in [0.3, 0.4) is 0 Å². The van der Waals surface area contributed by atoms with E-state index in [0.29, 0.717) is 18.1 Å². The summed E-state index contributed by atoms with van der Waals surface area (Å²) in [5.41, 5.74) is 0.159. The number of guanidine groups is 1. The summed E-state index contributed by atoms with van der Waals surface area (Å²) in [6, 6.07) is 0.440. The summed E-state index contributed by atoms with van der Waals surface area (Å²) >= 11 is 1.52. The second-order valence-electron chi connectivity index (χ2n) is 8.41. The maximum Gasteiger partial charge on any atom is 0.205 e. The number of nitrogens with one attached hydrogen (secondary N) is 1. The van der Waals surface area contributed by atoms with Gasteiger partial charge in [0.1, 0.15) is 5.82 Å². The first-order valence-corrected chi connectivity index (χ1v) is 11.0. The second kappa shape index (κ2) is 8.99. The first-order valence-electron chi connectivity index (χ1n) is 10.2. The average molecular weight is 520 g/mol. The van der Waals surface area contributed by atoms with Crippen molar-refractivity contribution in [2.75, 3.05) is 44.7 Å². The third-order valence-corrected chi connectivity index (χ3v) is 7.27. The van der Waals surface area contributed by atoms with Crippen molar-refractivity contribution < 1.29 is 4.74 Å². The summed E-state index contributed by atoms with van der Waals surface area (Å²) in [6.07, 6.45) is 3.72. The van der Waals surface area contributed by atoms with E-state index < -0.39 is 0 Å². The van der Waals surface area contributed by atoms with Crippen molar-refractivity contribution >= 4 is 46.6 Å². The lowest BCUT2D eigenvalue weighted by molar-refractivity contribution is -0.188. The number of aromatic nitrogens is 2. The van der Waals surface area contributed by atoms with Crippen molar-refractivity contribution in [2.45, 2.75) is 52.2 Å². The maximum atomic E-state index is 6.05. The molecule has 28 heavy (non-hydrogen) atoms. The van der Waals surface area contributed by atoms with Gasteiger partial charge in [-0.3, -0.25) is 4.99 Å². The zero-order valence-electron chi connectivity index (χ0n) is 17.3. The molecule has 3 aliphatic rings. The molecule has 9 heteroatoms. The number of nitrogens with zero attached hydrogens (tertiary/aromatic N) is 5. The van der Waals surface area contributed by atoms with Crippen molar-refractivity contribution in [3.63, 3.8) is 0 Å². The molecule has 2 saturated heterocycles. The van der Waals surface area contributed by atoms with Gasteiger partial charge in [0.15, 0.2) is 5.96 Å². The minimum atomic E-state index is 0. The molecule has 1 aromatic rings. The molecule has 158 valence electrons. The Kier molecular flexibility index (Phi) is 7.07. The number of aliphatic imine (C=N–C) groups is 1. The van der Waals surface area contributed by atoms with Gasteiger partial charge in [-0.25, -0.2) is 4.98 Å². The number of hydrogen-bond acceptors (Lipinski definition) is 6. The van der Waals surface area contributed by atoms with Crippen LogP contribution in [0.4, 0.5) is 5.13 Å². The number of fused-ring (bicyclic) bond motifs is 1. The molecule has 4 rings (SSSR count).